The van der Waals surface area contributed by atoms with Crippen molar-refractivity contribution in [2.75, 3.05) is 6.61 Å². The minimum absolute atomic E-state index is 0.00830. The van der Waals surface area contributed by atoms with Crippen molar-refractivity contribution in [3.63, 3.8) is 0 Å². The standard InChI is InChI=1S/C21H15F3N4O3/c22-21(23,24)17-10-16(6-3-13(17)11-25)31-15-4-1-12(2-5-15)20-27-14(7-8-29)9-18(28-20)19(26)30/h1-6,9-10,29H,7-8H2,(H2,26,30). The molecule has 0 atom stereocenters. The minimum atomic E-state index is -4.69. The highest BCUT2D eigenvalue weighted by atomic mass is 19.4. The van der Waals surface area contributed by atoms with Crippen LogP contribution in [0.4, 0.5) is 13.2 Å². The highest BCUT2D eigenvalue weighted by Crippen LogP contribution is 2.35. The lowest BCUT2D eigenvalue weighted by atomic mass is 10.1. The van der Waals surface area contributed by atoms with E-state index in [9.17, 15) is 18.0 Å². The Morgan fingerprint density at radius 1 is 1.10 bits per heavy atom. The third-order valence-corrected chi connectivity index (χ3v) is 4.16. The Bertz CT molecular complexity index is 1160. The summed E-state index contributed by atoms with van der Waals surface area (Å²) >= 11 is 0. The average Bonchev–Trinajstić information content (AvgIpc) is 2.73. The van der Waals surface area contributed by atoms with Crippen LogP contribution in [0.25, 0.3) is 11.4 Å². The van der Waals surface area contributed by atoms with E-state index in [-0.39, 0.29) is 36.0 Å². The van der Waals surface area contributed by atoms with Crippen LogP contribution in [0.1, 0.15) is 27.3 Å². The van der Waals surface area contributed by atoms with Crippen LogP contribution in [0.2, 0.25) is 0 Å². The van der Waals surface area contributed by atoms with E-state index >= 15 is 0 Å². The maximum Gasteiger partial charge on any atom is 0.417 e. The van der Waals surface area contributed by atoms with Gasteiger partial charge in [0.15, 0.2) is 5.82 Å². The van der Waals surface area contributed by atoms with Gasteiger partial charge in [-0.15, -0.1) is 0 Å². The number of rotatable bonds is 6. The number of nitrogens with two attached hydrogens (primary N) is 1. The van der Waals surface area contributed by atoms with Gasteiger partial charge in [0, 0.05) is 24.3 Å². The maximum absolute atomic E-state index is 13.1. The van der Waals surface area contributed by atoms with E-state index in [1.807, 2.05) is 0 Å². The zero-order valence-corrected chi connectivity index (χ0v) is 15.8. The summed E-state index contributed by atoms with van der Waals surface area (Å²) in [5.74, 6) is -0.396. The molecule has 158 valence electrons. The summed E-state index contributed by atoms with van der Waals surface area (Å²) in [7, 11) is 0. The number of primary amides is 1. The van der Waals surface area contributed by atoms with Crippen LogP contribution in [-0.2, 0) is 12.6 Å². The molecule has 3 rings (SSSR count). The summed E-state index contributed by atoms with van der Waals surface area (Å²) in [4.78, 5) is 19.9. The molecule has 1 amide bonds. The molecule has 31 heavy (non-hydrogen) atoms. The molecule has 0 bridgehead atoms. The minimum Gasteiger partial charge on any atom is -0.457 e. The number of aromatic nitrogens is 2. The fraction of sp³-hybridized carbons (Fsp3) is 0.143. The Morgan fingerprint density at radius 3 is 2.35 bits per heavy atom. The van der Waals surface area contributed by atoms with Crippen molar-refractivity contribution >= 4 is 5.91 Å². The van der Waals surface area contributed by atoms with E-state index in [2.05, 4.69) is 9.97 Å². The average molecular weight is 428 g/mol. The van der Waals surface area contributed by atoms with Gasteiger partial charge >= 0.3 is 6.18 Å². The molecule has 2 aromatic carbocycles. The number of ether oxygens (including phenoxy) is 1. The van der Waals surface area contributed by atoms with Crippen LogP contribution in [0, 0.1) is 11.3 Å². The highest BCUT2D eigenvalue weighted by Gasteiger charge is 2.34. The summed E-state index contributed by atoms with van der Waals surface area (Å²) in [6, 6.07) is 12.1. The fourth-order valence-corrected chi connectivity index (χ4v) is 2.72. The van der Waals surface area contributed by atoms with Gasteiger partial charge in [-0.25, -0.2) is 9.97 Å². The summed E-state index contributed by atoms with van der Waals surface area (Å²) in [5, 5.41) is 18.0. The first-order chi connectivity index (χ1) is 14.7. The van der Waals surface area contributed by atoms with Crippen molar-refractivity contribution in [1.29, 1.82) is 5.26 Å². The lowest BCUT2D eigenvalue weighted by molar-refractivity contribution is -0.137. The number of amides is 1. The van der Waals surface area contributed by atoms with E-state index in [0.717, 1.165) is 12.1 Å². The second-order valence-electron chi connectivity index (χ2n) is 6.35. The van der Waals surface area contributed by atoms with Crippen molar-refractivity contribution in [2.45, 2.75) is 12.6 Å². The fourth-order valence-electron chi connectivity index (χ4n) is 2.72. The third kappa shape index (κ3) is 5.15. The number of carbonyl (C=O) groups is 1. The molecule has 3 N–H and O–H groups in total. The molecule has 0 radical (unpaired) electrons. The lowest BCUT2D eigenvalue weighted by Crippen LogP contribution is -2.15. The summed E-state index contributed by atoms with van der Waals surface area (Å²) in [6.45, 7) is -0.175. The number of alkyl halides is 3. The Balaban J connectivity index is 1.88. The topological polar surface area (TPSA) is 122 Å². The quantitative estimate of drug-likeness (QED) is 0.620. The predicted molar refractivity (Wildman–Crippen MR) is 103 cm³/mol. The molecule has 0 saturated carbocycles. The molecule has 1 heterocycles. The Kier molecular flexibility index (Phi) is 6.17. The predicted octanol–water partition coefficient (Wildman–Crippen LogP) is 3.46. The molecule has 0 aliphatic carbocycles. The molecule has 0 fully saturated rings. The van der Waals surface area contributed by atoms with Gasteiger partial charge < -0.3 is 15.6 Å². The molecule has 1 aromatic heterocycles. The van der Waals surface area contributed by atoms with Gasteiger partial charge in [0.05, 0.1) is 17.2 Å². The van der Waals surface area contributed by atoms with Crippen LogP contribution in [-0.4, -0.2) is 27.6 Å². The Hall–Kier alpha value is -3.97. The molecule has 0 spiro atoms. The van der Waals surface area contributed by atoms with E-state index < -0.39 is 23.2 Å². The SMILES string of the molecule is N#Cc1ccc(Oc2ccc(-c3nc(CCO)cc(C(N)=O)n3)cc2)cc1C(F)(F)F. The second kappa shape index (κ2) is 8.81. The number of aliphatic hydroxyl groups excluding tert-OH is 1. The number of nitrogens with zero attached hydrogens (tertiary/aromatic N) is 3. The molecule has 3 aromatic rings. The number of benzene rings is 2. The summed E-state index contributed by atoms with van der Waals surface area (Å²) in [5.41, 5.74) is 4.63. The molecule has 0 unspecified atom stereocenters. The number of halogens is 3. The number of nitriles is 1. The number of hydrogen-bond donors (Lipinski definition) is 2. The number of hydrogen-bond acceptors (Lipinski definition) is 6. The van der Waals surface area contributed by atoms with E-state index in [1.165, 1.54) is 30.3 Å². The first-order valence-corrected chi connectivity index (χ1v) is 8.89. The Labute approximate surface area is 174 Å². The smallest absolute Gasteiger partial charge is 0.417 e. The summed E-state index contributed by atoms with van der Waals surface area (Å²) < 4.78 is 44.8. The highest BCUT2D eigenvalue weighted by molar-refractivity contribution is 5.91. The molecule has 7 nitrogen and oxygen atoms in total. The molecule has 0 aliphatic heterocycles. The van der Waals surface area contributed by atoms with Gasteiger partial charge in [0.2, 0.25) is 0 Å². The van der Waals surface area contributed by atoms with Crippen molar-refractivity contribution in [2.24, 2.45) is 5.73 Å². The van der Waals surface area contributed by atoms with Crippen molar-refractivity contribution in [3.05, 3.63) is 71.0 Å². The lowest BCUT2D eigenvalue weighted by Gasteiger charge is -2.12. The molecular formula is C21H15F3N4O3. The zero-order chi connectivity index (χ0) is 22.6. The van der Waals surface area contributed by atoms with Gasteiger partial charge in [-0.1, -0.05) is 0 Å². The van der Waals surface area contributed by atoms with Crippen LogP contribution in [0.5, 0.6) is 11.5 Å². The third-order valence-electron chi connectivity index (χ3n) is 4.16. The van der Waals surface area contributed by atoms with Crippen LogP contribution < -0.4 is 10.5 Å². The maximum atomic E-state index is 13.1. The van der Waals surface area contributed by atoms with Crippen LogP contribution in [0.15, 0.2) is 48.5 Å². The normalized spacial score (nSPS) is 11.1. The summed E-state index contributed by atoms with van der Waals surface area (Å²) in [6.07, 6.45) is -4.49. The number of aliphatic hydroxyl groups is 1. The first kappa shape index (κ1) is 21.7. The number of carbonyl (C=O) groups excluding carboxylic acids is 1. The monoisotopic (exact) mass is 428 g/mol. The van der Waals surface area contributed by atoms with Crippen LogP contribution >= 0.6 is 0 Å². The van der Waals surface area contributed by atoms with Gasteiger partial charge in [-0.3, -0.25) is 4.79 Å². The second-order valence-corrected chi connectivity index (χ2v) is 6.35. The van der Waals surface area contributed by atoms with Crippen LogP contribution in [0.3, 0.4) is 0 Å². The largest absolute Gasteiger partial charge is 0.457 e. The van der Waals surface area contributed by atoms with Crippen molar-refractivity contribution in [1.82, 2.24) is 9.97 Å². The first-order valence-electron chi connectivity index (χ1n) is 8.89. The van der Waals surface area contributed by atoms with Gasteiger partial charge in [-0.2, -0.15) is 18.4 Å². The van der Waals surface area contributed by atoms with Crippen molar-refractivity contribution in [3.8, 4) is 29.0 Å². The van der Waals surface area contributed by atoms with E-state index in [4.69, 9.17) is 20.8 Å². The molecule has 10 heteroatoms. The van der Waals surface area contributed by atoms with Crippen molar-refractivity contribution < 1.29 is 27.8 Å². The van der Waals surface area contributed by atoms with E-state index in [1.54, 1.807) is 12.1 Å². The van der Waals surface area contributed by atoms with Gasteiger partial charge in [-0.05, 0) is 48.5 Å². The zero-order valence-electron chi connectivity index (χ0n) is 15.8. The molecule has 0 saturated heterocycles. The molecular weight excluding hydrogens is 413 g/mol. The van der Waals surface area contributed by atoms with Gasteiger partial charge in [0.1, 0.15) is 17.2 Å². The van der Waals surface area contributed by atoms with E-state index in [0.29, 0.717) is 11.3 Å². The Morgan fingerprint density at radius 2 is 1.77 bits per heavy atom. The van der Waals surface area contributed by atoms with Gasteiger partial charge in [0.25, 0.3) is 5.91 Å². The molecule has 0 aliphatic rings.